The fourth-order valence-electron chi connectivity index (χ4n) is 3.34. The average molecular weight is 342 g/mol. The van der Waals surface area contributed by atoms with Crippen molar-refractivity contribution in [2.45, 2.75) is 45.6 Å². The fourth-order valence-corrected chi connectivity index (χ4v) is 3.34. The number of carbonyl (C=O) groups is 1. The summed E-state index contributed by atoms with van der Waals surface area (Å²) in [7, 11) is 0. The number of ether oxygens (including phenoxy) is 1. The summed E-state index contributed by atoms with van der Waals surface area (Å²) in [4.78, 5) is 14.5. The van der Waals surface area contributed by atoms with Crippen LogP contribution in [-0.4, -0.2) is 41.8 Å². The number of rotatable bonds is 6. The lowest BCUT2D eigenvalue weighted by Gasteiger charge is -2.33. The molecular weight excluding hydrogens is 316 g/mol. The van der Waals surface area contributed by atoms with Crippen LogP contribution in [0.3, 0.4) is 0 Å². The highest BCUT2D eigenvalue weighted by Gasteiger charge is 2.24. The minimum Gasteiger partial charge on any atom is -0.375 e. The molecule has 0 saturated carbocycles. The van der Waals surface area contributed by atoms with Crippen LogP contribution in [0, 0.1) is 13.8 Å². The molecule has 1 aromatic carbocycles. The maximum atomic E-state index is 12.6. The molecule has 1 aromatic heterocycles. The second-order valence-electron chi connectivity index (χ2n) is 6.66. The Balaban J connectivity index is 1.48. The zero-order valence-electron chi connectivity index (χ0n) is 15.0. The van der Waals surface area contributed by atoms with Crippen LogP contribution >= 0.6 is 0 Å². The van der Waals surface area contributed by atoms with E-state index in [1.54, 1.807) is 0 Å². The van der Waals surface area contributed by atoms with Crippen LogP contribution in [0.5, 0.6) is 0 Å². The Bertz CT molecular complexity index is 677. The Labute approximate surface area is 148 Å². The van der Waals surface area contributed by atoms with E-state index in [-0.39, 0.29) is 12.0 Å². The first-order valence-corrected chi connectivity index (χ1v) is 8.98. The molecule has 1 saturated heterocycles. The molecule has 0 spiro atoms. The molecule has 0 N–H and O–H groups in total. The number of aromatic nitrogens is 1. The molecule has 0 aliphatic carbocycles. The van der Waals surface area contributed by atoms with Gasteiger partial charge in [0.05, 0.1) is 18.4 Å². The maximum absolute atomic E-state index is 12.6. The first-order chi connectivity index (χ1) is 12.1. The van der Waals surface area contributed by atoms with Crippen molar-refractivity contribution in [1.82, 2.24) is 10.1 Å². The van der Waals surface area contributed by atoms with Gasteiger partial charge in [-0.2, -0.15) is 0 Å². The number of nitrogens with zero attached hydrogens (tertiary/aromatic N) is 2. The summed E-state index contributed by atoms with van der Waals surface area (Å²) in [5, 5.41) is 3.95. The molecule has 5 nitrogen and oxygen atoms in total. The SMILES string of the molecule is Cc1noc(C)c1CCC(=O)N1CCO[C@H](CCc2ccccc2)C1. The summed E-state index contributed by atoms with van der Waals surface area (Å²) < 4.78 is 11.0. The van der Waals surface area contributed by atoms with Gasteiger partial charge in [0.2, 0.25) is 5.91 Å². The normalized spacial score (nSPS) is 17.7. The molecule has 134 valence electrons. The largest absolute Gasteiger partial charge is 0.375 e. The van der Waals surface area contributed by atoms with Gasteiger partial charge in [0, 0.05) is 25.1 Å². The molecule has 1 amide bonds. The summed E-state index contributed by atoms with van der Waals surface area (Å²) in [6.45, 7) is 5.81. The molecule has 2 heterocycles. The van der Waals surface area contributed by atoms with Crippen LogP contribution in [0.2, 0.25) is 0 Å². The molecule has 1 aliphatic rings. The Kier molecular flexibility index (Phi) is 5.87. The van der Waals surface area contributed by atoms with Crippen LogP contribution in [0.15, 0.2) is 34.9 Å². The second kappa shape index (κ2) is 8.30. The molecule has 1 fully saturated rings. The molecule has 0 radical (unpaired) electrons. The van der Waals surface area contributed by atoms with Gasteiger partial charge in [-0.15, -0.1) is 0 Å². The third-order valence-corrected chi connectivity index (χ3v) is 4.86. The number of carbonyl (C=O) groups excluding carboxylic acids is 1. The number of amides is 1. The summed E-state index contributed by atoms with van der Waals surface area (Å²) in [6.07, 6.45) is 3.22. The van der Waals surface area contributed by atoms with Crippen LogP contribution in [0.1, 0.15) is 35.4 Å². The highest BCUT2D eigenvalue weighted by molar-refractivity contribution is 5.76. The first kappa shape index (κ1) is 17.7. The predicted molar refractivity (Wildman–Crippen MR) is 95.4 cm³/mol. The van der Waals surface area contributed by atoms with E-state index in [1.165, 1.54) is 5.56 Å². The zero-order valence-corrected chi connectivity index (χ0v) is 15.0. The Morgan fingerprint density at radius 3 is 2.76 bits per heavy atom. The van der Waals surface area contributed by atoms with Crippen molar-refractivity contribution < 1.29 is 14.1 Å². The molecule has 2 aromatic rings. The summed E-state index contributed by atoms with van der Waals surface area (Å²) in [6, 6.07) is 10.4. The Morgan fingerprint density at radius 1 is 1.24 bits per heavy atom. The van der Waals surface area contributed by atoms with Crippen LogP contribution in [-0.2, 0) is 22.4 Å². The standard InChI is InChI=1S/C20H26N2O3/c1-15-19(16(2)25-21-15)10-11-20(23)22-12-13-24-18(14-22)9-8-17-6-4-3-5-7-17/h3-7,18H,8-14H2,1-2H3/t18-/m1/s1. The lowest BCUT2D eigenvalue weighted by molar-refractivity contribution is -0.138. The van der Waals surface area contributed by atoms with Crippen LogP contribution < -0.4 is 0 Å². The molecule has 0 unspecified atom stereocenters. The molecule has 0 bridgehead atoms. The number of hydrogen-bond acceptors (Lipinski definition) is 4. The van der Waals surface area contributed by atoms with Crippen LogP contribution in [0.4, 0.5) is 0 Å². The van der Waals surface area contributed by atoms with Crippen molar-refractivity contribution in [2.24, 2.45) is 0 Å². The third kappa shape index (κ3) is 4.69. The zero-order chi connectivity index (χ0) is 17.6. The van der Waals surface area contributed by atoms with Gasteiger partial charge in [0.25, 0.3) is 0 Å². The van der Waals surface area contributed by atoms with Crippen molar-refractivity contribution in [1.29, 1.82) is 0 Å². The minimum absolute atomic E-state index is 0.122. The number of benzene rings is 1. The van der Waals surface area contributed by atoms with E-state index in [1.807, 2.05) is 24.8 Å². The highest BCUT2D eigenvalue weighted by atomic mass is 16.5. The van der Waals surface area contributed by atoms with Gasteiger partial charge in [0.15, 0.2) is 0 Å². The summed E-state index contributed by atoms with van der Waals surface area (Å²) in [5.74, 6) is 1.00. The van der Waals surface area contributed by atoms with Gasteiger partial charge in [0.1, 0.15) is 5.76 Å². The topological polar surface area (TPSA) is 55.6 Å². The fraction of sp³-hybridized carbons (Fsp3) is 0.500. The van der Waals surface area contributed by atoms with Gasteiger partial charge in [-0.1, -0.05) is 35.5 Å². The average Bonchev–Trinajstić information content (AvgIpc) is 2.97. The van der Waals surface area contributed by atoms with Crippen LogP contribution in [0.25, 0.3) is 0 Å². The van der Waals surface area contributed by atoms with E-state index in [9.17, 15) is 4.79 Å². The summed E-state index contributed by atoms with van der Waals surface area (Å²) >= 11 is 0. The van der Waals surface area contributed by atoms with Crippen molar-refractivity contribution in [3.05, 3.63) is 52.9 Å². The molecule has 1 aliphatic heterocycles. The Hall–Kier alpha value is -2.14. The van der Waals surface area contributed by atoms with Gasteiger partial charge < -0.3 is 14.2 Å². The number of hydrogen-bond donors (Lipinski definition) is 0. The third-order valence-electron chi connectivity index (χ3n) is 4.86. The van der Waals surface area contributed by atoms with E-state index in [0.717, 1.165) is 29.9 Å². The number of aryl methyl sites for hydroxylation is 3. The maximum Gasteiger partial charge on any atom is 0.223 e. The van der Waals surface area contributed by atoms with E-state index >= 15 is 0 Å². The van der Waals surface area contributed by atoms with Gasteiger partial charge in [-0.3, -0.25) is 4.79 Å². The molecule has 25 heavy (non-hydrogen) atoms. The van der Waals surface area contributed by atoms with Gasteiger partial charge >= 0.3 is 0 Å². The molecule has 3 rings (SSSR count). The number of morpholine rings is 1. The van der Waals surface area contributed by atoms with E-state index in [2.05, 4.69) is 29.4 Å². The smallest absolute Gasteiger partial charge is 0.223 e. The van der Waals surface area contributed by atoms with E-state index in [0.29, 0.717) is 32.5 Å². The lowest BCUT2D eigenvalue weighted by Crippen LogP contribution is -2.45. The first-order valence-electron chi connectivity index (χ1n) is 8.98. The van der Waals surface area contributed by atoms with E-state index in [4.69, 9.17) is 9.26 Å². The Morgan fingerprint density at radius 2 is 2.04 bits per heavy atom. The monoisotopic (exact) mass is 342 g/mol. The van der Waals surface area contributed by atoms with E-state index < -0.39 is 0 Å². The molecule has 1 atom stereocenters. The second-order valence-corrected chi connectivity index (χ2v) is 6.66. The summed E-state index contributed by atoms with van der Waals surface area (Å²) in [5.41, 5.74) is 3.25. The highest BCUT2D eigenvalue weighted by Crippen LogP contribution is 2.17. The lowest BCUT2D eigenvalue weighted by atomic mass is 10.0. The van der Waals surface area contributed by atoms with Crippen molar-refractivity contribution in [3.8, 4) is 0 Å². The predicted octanol–water partition coefficient (Wildman–Crippen LogP) is 3.08. The molecular formula is C20H26N2O3. The minimum atomic E-state index is 0.122. The van der Waals surface area contributed by atoms with Crippen molar-refractivity contribution in [3.63, 3.8) is 0 Å². The molecule has 5 heteroatoms. The van der Waals surface area contributed by atoms with Crippen molar-refractivity contribution in [2.75, 3.05) is 19.7 Å². The van der Waals surface area contributed by atoms with Gasteiger partial charge in [-0.05, 0) is 38.7 Å². The quantitative estimate of drug-likeness (QED) is 0.809. The van der Waals surface area contributed by atoms with Gasteiger partial charge in [-0.25, -0.2) is 0 Å². The van der Waals surface area contributed by atoms with Crippen molar-refractivity contribution >= 4 is 5.91 Å².